The van der Waals surface area contributed by atoms with Crippen LogP contribution >= 0.6 is 0 Å². The van der Waals surface area contributed by atoms with Crippen LogP contribution in [-0.4, -0.2) is 0 Å². The normalized spacial score (nSPS) is 13.9. The molecule has 166 valence electrons. The van der Waals surface area contributed by atoms with Crippen LogP contribution in [0, 0.1) is 12.3 Å². The molecule has 7 rings (SSSR count). The van der Waals surface area contributed by atoms with Gasteiger partial charge in [0.1, 0.15) is 0 Å². The van der Waals surface area contributed by atoms with Crippen LogP contribution < -0.4 is 0 Å². The van der Waals surface area contributed by atoms with Gasteiger partial charge in [-0.25, -0.2) is 0 Å². The van der Waals surface area contributed by atoms with E-state index in [9.17, 15) is 0 Å². The maximum Gasteiger partial charge on any atom is 0.0246 e. The molecule has 6 aromatic rings. The lowest BCUT2D eigenvalue weighted by atomic mass is 9.73. The second-order valence-electron chi connectivity index (χ2n) is 9.92. The monoisotopic (exact) mass is 446 g/mol. The molecule has 1 aliphatic carbocycles. The van der Waals surface area contributed by atoms with Gasteiger partial charge in [-0.05, 0) is 96.7 Å². The van der Waals surface area contributed by atoms with Crippen LogP contribution in [0.5, 0.6) is 0 Å². The molecule has 0 spiro atoms. The second kappa shape index (κ2) is 7.21. The largest absolute Gasteiger partial charge is 0.115 e. The van der Waals surface area contributed by atoms with E-state index in [1.54, 1.807) is 0 Å². The fourth-order valence-electron chi connectivity index (χ4n) is 6.75. The Morgan fingerprint density at radius 3 is 1.94 bits per heavy atom. The van der Waals surface area contributed by atoms with E-state index in [0.717, 1.165) is 18.4 Å². The molecule has 0 bridgehead atoms. The first kappa shape index (κ1) is 20.3. The smallest absolute Gasteiger partial charge is 0.0246 e. The van der Waals surface area contributed by atoms with Crippen molar-refractivity contribution < 1.29 is 0 Å². The lowest BCUT2D eigenvalue weighted by Gasteiger charge is -2.30. The van der Waals surface area contributed by atoms with Crippen molar-refractivity contribution in [1.82, 2.24) is 0 Å². The lowest BCUT2D eigenvalue weighted by Crippen LogP contribution is -2.23. The van der Waals surface area contributed by atoms with Crippen molar-refractivity contribution in [1.29, 1.82) is 0 Å². The summed E-state index contributed by atoms with van der Waals surface area (Å²) < 4.78 is 0. The highest BCUT2D eigenvalue weighted by Crippen LogP contribution is 2.54. The molecular formula is C35H26. The fraction of sp³-hybridized carbons (Fsp3) is 0.143. The molecule has 0 saturated carbocycles. The summed E-state index contributed by atoms with van der Waals surface area (Å²) in [6.45, 7) is 4.63. The number of terminal acetylenes is 1. The van der Waals surface area contributed by atoms with Gasteiger partial charge in [0.25, 0.3) is 0 Å². The van der Waals surface area contributed by atoms with Gasteiger partial charge in [0, 0.05) is 11.0 Å². The van der Waals surface area contributed by atoms with Gasteiger partial charge in [-0.3, -0.25) is 0 Å². The molecule has 0 saturated heterocycles. The Kier molecular flexibility index (Phi) is 4.18. The quantitative estimate of drug-likeness (QED) is 0.188. The second-order valence-corrected chi connectivity index (χ2v) is 9.92. The number of fused-ring (bicyclic) bond motifs is 3. The SMILES string of the molecule is C#Cc1ccc2c(c1)C(CC)(CC)c1cc(-c3ccc4ccc5cccc6ccc3c4c56)ccc1-2. The molecule has 0 amide bonds. The first-order valence-corrected chi connectivity index (χ1v) is 12.6. The molecule has 0 N–H and O–H groups in total. The zero-order valence-corrected chi connectivity index (χ0v) is 20.2. The fourth-order valence-corrected chi connectivity index (χ4v) is 6.75. The van der Waals surface area contributed by atoms with Crippen LogP contribution in [-0.2, 0) is 5.41 Å². The van der Waals surface area contributed by atoms with Gasteiger partial charge in [0.15, 0.2) is 0 Å². The van der Waals surface area contributed by atoms with Crippen molar-refractivity contribution in [2.24, 2.45) is 0 Å². The predicted molar refractivity (Wildman–Crippen MR) is 150 cm³/mol. The van der Waals surface area contributed by atoms with Crippen molar-refractivity contribution in [3.63, 3.8) is 0 Å². The maximum absolute atomic E-state index is 5.79. The summed E-state index contributed by atoms with van der Waals surface area (Å²) in [5.41, 5.74) is 9.08. The highest BCUT2D eigenvalue weighted by Gasteiger charge is 2.40. The Morgan fingerprint density at radius 2 is 1.23 bits per heavy atom. The van der Waals surface area contributed by atoms with E-state index in [0.29, 0.717) is 0 Å². The molecule has 0 radical (unpaired) electrons. The Hall–Kier alpha value is -4.08. The third-order valence-electron chi connectivity index (χ3n) is 8.57. The average molecular weight is 447 g/mol. The molecule has 6 aromatic carbocycles. The molecule has 1 aliphatic rings. The van der Waals surface area contributed by atoms with Gasteiger partial charge in [-0.2, -0.15) is 0 Å². The van der Waals surface area contributed by atoms with E-state index in [1.165, 1.54) is 65.7 Å². The Bertz CT molecular complexity index is 1810. The van der Waals surface area contributed by atoms with E-state index in [-0.39, 0.29) is 5.41 Å². The molecule has 0 unspecified atom stereocenters. The van der Waals surface area contributed by atoms with Crippen LogP contribution in [0.2, 0.25) is 0 Å². The number of hydrogen-bond acceptors (Lipinski definition) is 0. The zero-order valence-electron chi connectivity index (χ0n) is 20.2. The lowest BCUT2D eigenvalue weighted by molar-refractivity contribution is 0.490. The summed E-state index contributed by atoms with van der Waals surface area (Å²) in [5.74, 6) is 2.85. The van der Waals surface area contributed by atoms with E-state index < -0.39 is 0 Å². The van der Waals surface area contributed by atoms with Crippen molar-refractivity contribution in [2.45, 2.75) is 32.1 Å². The number of rotatable bonds is 3. The Labute approximate surface area is 206 Å². The standard InChI is InChI=1S/C35H26/c1-4-22-10-16-28-29-18-15-26(21-32(29)35(5-2,6-3)31(28)20-22)27-17-13-25-12-11-23-8-7-9-24-14-19-30(27)34(25)33(23)24/h1,7-21H,5-6H2,2-3H3. The first-order valence-electron chi connectivity index (χ1n) is 12.6. The molecule has 0 heterocycles. The minimum absolute atomic E-state index is 0.00266. The molecule has 0 aromatic heterocycles. The van der Waals surface area contributed by atoms with Gasteiger partial charge in [-0.1, -0.05) is 92.6 Å². The molecule has 35 heavy (non-hydrogen) atoms. The summed E-state index contributed by atoms with van der Waals surface area (Å²) in [6.07, 6.45) is 7.90. The van der Waals surface area contributed by atoms with E-state index in [4.69, 9.17) is 6.42 Å². The average Bonchev–Trinajstić information content (AvgIpc) is 3.20. The van der Waals surface area contributed by atoms with E-state index in [2.05, 4.69) is 111 Å². The molecular weight excluding hydrogens is 420 g/mol. The third-order valence-corrected chi connectivity index (χ3v) is 8.57. The van der Waals surface area contributed by atoms with Crippen molar-refractivity contribution in [3.8, 4) is 34.6 Å². The minimum Gasteiger partial charge on any atom is -0.115 e. The Morgan fingerprint density at radius 1 is 0.629 bits per heavy atom. The van der Waals surface area contributed by atoms with Crippen molar-refractivity contribution in [2.75, 3.05) is 0 Å². The van der Waals surface area contributed by atoms with E-state index >= 15 is 0 Å². The predicted octanol–water partition coefficient (Wildman–Crippen LogP) is 9.32. The van der Waals surface area contributed by atoms with E-state index in [1.807, 2.05) is 0 Å². The van der Waals surface area contributed by atoms with Crippen molar-refractivity contribution >= 4 is 32.3 Å². The van der Waals surface area contributed by atoms with Gasteiger partial charge >= 0.3 is 0 Å². The number of benzene rings is 6. The summed E-state index contributed by atoms with van der Waals surface area (Å²) in [4.78, 5) is 0. The molecule has 0 heteroatoms. The molecule has 0 aliphatic heterocycles. The van der Waals surface area contributed by atoms with Gasteiger partial charge in [0.05, 0.1) is 0 Å². The summed E-state index contributed by atoms with van der Waals surface area (Å²) in [6, 6.07) is 34.0. The van der Waals surface area contributed by atoms with Gasteiger partial charge in [-0.15, -0.1) is 6.42 Å². The molecule has 0 atom stereocenters. The van der Waals surface area contributed by atoms with Crippen LogP contribution in [0.1, 0.15) is 43.4 Å². The van der Waals surface area contributed by atoms with Crippen LogP contribution in [0.15, 0.2) is 91.0 Å². The third kappa shape index (κ3) is 2.59. The molecule has 0 nitrogen and oxygen atoms in total. The maximum atomic E-state index is 5.79. The summed E-state index contributed by atoms with van der Waals surface area (Å²) in [7, 11) is 0. The van der Waals surface area contributed by atoms with Crippen LogP contribution in [0.4, 0.5) is 0 Å². The zero-order chi connectivity index (χ0) is 23.7. The number of hydrogen-bond donors (Lipinski definition) is 0. The van der Waals surface area contributed by atoms with Gasteiger partial charge < -0.3 is 0 Å². The van der Waals surface area contributed by atoms with Crippen LogP contribution in [0.3, 0.4) is 0 Å². The Balaban J connectivity index is 1.51. The first-order chi connectivity index (χ1) is 17.2. The van der Waals surface area contributed by atoms with Crippen LogP contribution in [0.25, 0.3) is 54.6 Å². The van der Waals surface area contributed by atoms with Crippen molar-refractivity contribution in [3.05, 3.63) is 108 Å². The summed E-state index contributed by atoms with van der Waals surface area (Å²) >= 11 is 0. The highest BCUT2D eigenvalue weighted by molar-refractivity contribution is 6.25. The van der Waals surface area contributed by atoms with Gasteiger partial charge in [0.2, 0.25) is 0 Å². The molecule has 0 fully saturated rings. The topological polar surface area (TPSA) is 0 Å². The minimum atomic E-state index is -0.00266. The summed E-state index contributed by atoms with van der Waals surface area (Å²) in [5, 5.41) is 7.99. The highest BCUT2D eigenvalue weighted by atomic mass is 14.4.